The normalized spacial score (nSPS) is 17.8. The van der Waals surface area contributed by atoms with Gasteiger partial charge in [-0.25, -0.2) is 18.0 Å². The first kappa shape index (κ1) is 18.4. The Morgan fingerprint density at radius 2 is 2.00 bits per heavy atom. The Hall–Kier alpha value is -1.93. The summed E-state index contributed by atoms with van der Waals surface area (Å²) in [5.74, 6) is -1.32. The summed E-state index contributed by atoms with van der Waals surface area (Å²) in [4.78, 5) is 23.7. The number of cyclic esters (lactones) is 1. The highest BCUT2D eigenvalue weighted by atomic mass is 32.2. The van der Waals surface area contributed by atoms with Gasteiger partial charge in [-0.3, -0.25) is 0 Å². The zero-order chi connectivity index (χ0) is 17.9. The summed E-state index contributed by atoms with van der Waals surface area (Å²) in [6.45, 7) is 6.05. The van der Waals surface area contributed by atoms with Gasteiger partial charge in [-0.15, -0.1) is 0 Å². The maximum absolute atomic E-state index is 12.7. The van der Waals surface area contributed by atoms with E-state index in [1.165, 1.54) is 16.4 Å². The van der Waals surface area contributed by atoms with Crippen LogP contribution < -0.4 is 0 Å². The Balaban J connectivity index is 2.31. The number of sulfonamides is 1. The van der Waals surface area contributed by atoms with Crippen LogP contribution in [0.1, 0.15) is 36.2 Å². The third-order valence-corrected chi connectivity index (χ3v) is 6.08. The van der Waals surface area contributed by atoms with E-state index >= 15 is 0 Å². The van der Waals surface area contributed by atoms with Crippen LogP contribution in [0.3, 0.4) is 0 Å². The number of benzene rings is 1. The van der Waals surface area contributed by atoms with E-state index in [9.17, 15) is 18.0 Å². The Morgan fingerprint density at radius 3 is 2.54 bits per heavy atom. The van der Waals surface area contributed by atoms with Gasteiger partial charge in [0.15, 0.2) is 0 Å². The highest BCUT2D eigenvalue weighted by molar-refractivity contribution is 7.89. The van der Waals surface area contributed by atoms with Gasteiger partial charge in [-0.1, -0.05) is 19.9 Å². The Bertz CT molecular complexity index is 739. The van der Waals surface area contributed by atoms with Crippen LogP contribution in [0.5, 0.6) is 0 Å². The summed E-state index contributed by atoms with van der Waals surface area (Å²) >= 11 is 0. The molecule has 0 aliphatic carbocycles. The second kappa shape index (κ2) is 7.31. The summed E-state index contributed by atoms with van der Waals surface area (Å²) in [6.07, 6.45) is -0.622. The quantitative estimate of drug-likeness (QED) is 0.718. The minimum atomic E-state index is -3.69. The van der Waals surface area contributed by atoms with Crippen LogP contribution >= 0.6 is 0 Å². The zero-order valence-electron chi connectivity index (χ0n) is 13.9. The lowest BCUT2D eigenvalue weighted by atomic mass is 10.1. The molecule has 1 fully saturated rings. The summed E-state index contributed by atoms with van der Waals surface area (Å²) in [7, 11) is -3.69. The average Bonchev–Trinajstić information content (AvgIpc) is 2.93. The van der Waals surface area contributed by atoms with Crippen molar-refractivity contribution in [1.82, 2.24) is 4.31 Å². The molecule has 1 aromatic carbocycles. The van der Waals surface area contributed by atoms with Crippen molar-refractivity contribution in [2.75, 3.05) is 19.7 Å². The number of hydrogen-bond donors (Lipinski definition) is 0. The van der Waals surface area contributed by atoms with Crippen molar-refractivity contribution in [3.63, 3.8) is 0 Å². The van der Waals surface area contributed by atoms with Gasteiger partial charge in [0.05, 0.1) is 17.1 Å². The van der Waals surface area contributed by atoms with Crippen LogP contribution in [-0.2, 0) is 24.3 Å². The average molecular weight is 355 g/mol. The molecule has 2 rings (SSSR count). The van der Waals surface area contributed by atoms with Crippen molar-refractivity contribution < 1.29 is 27.5 Å². The Kier molecular flexibility index (Phi) is 5.61. The van der Waals surface area contributed by atoms with Crippen LogP contribution in [-0.4, -0.2) is 50.5 Å². The van der Waals surface area contributed by atoms with E-state index in [0.29, 0.717) is 25.1 Å². The highest BCUT2D eigenvalue weighted by Gasteiger charge is 2.31. The first-order valence-electron chi connectivity index (χ1n) is 7.79. The van der Waals surface area contributed by atoms with Crippen molar-refractivity contribution in [3.05, 3.63) is 29.3 Å². The molecule has 1 saturated heterocycles. The minimum absolute atomic E-state index is 0.0645. The van der Waals surface area contributed by atoms with Gasteiger partial charge in [0.1, 0.15) is 0 Å². The maximum Gasteiger partial charge on any atom is 0.347 e. The summed E-state index contributed by atoms with van der Waals surface area (Å²) < 4.78 is 36.5. The van der Waals surface area contributed by atoms with Crippen molar-refractivity contribution in [2.45, 2.75) is 38.2 Å². The molecule has 0 spiro atoms. The predicted octanol–water partition coefficient (Wildman–Crippen LogP) is 1.50. The Labute approximate surface area is 141 Å². The molecule has 1 atom stereocenters. The SMILES string of the molecule is CCN(CC)S(=O)(=O)c1cc(C(=O)O[C@@H]2CCOC2=O)ccc1C. The van der Waals surface area contributed by atoms with E-state index in [1.807, 2.05) is 0 Å². The predicted molar refractivity (Wildman–Crippen MR) is 86.1 cm³/mol. The van der Waals surface area contributed by atoms with Gasteiger partial charge in [0.25, 0.3) is 0 Å². The number of hydrogen-bond acceptors (Lipinski definition) is 6. The molecule has 0 bridgehead atoms. The molecule has 7 nitrogen and oxygen atoms in total. The van der Waals surface area contributed by atoms with E-state index in [0.717, 1.165) is 0 Å². The number of nitrogens with zero attached hydrogens (tertiary/aromatic N) is 1. The topological polar surface area (TPSA) is 90.0 Å². The molecular weight excluding hydrogens is 334 g/mol. The molecule has 1 aromatic rings. The lowest BCUT2D eigenvalue weighted by Crippen LogP contribution is -2.31. The zero-order valence-corrected chi connectivity index (χ0v) is 14.8. The van der Waals surface area contributed by atoms with Gasteiger partial charge in [0.2, 0.25) is 16.1 Å². The van der Waals surface area contributed by atoms with Crippen molar-refractivity contribution >= 4 is 22.0 Å². The van der Waals surface area contributed by atoms with Crippen LogP contribution in [0, 0.1) is 6.92 Å². The van der Waals surface area contributed by atoms with Crippen molar-refractivity contribution in [1.29, 1.82) is 0 Å². The molecule has 24 heavy (non-hydrogen) atoms. The molecular formula is C16H21NO6S. The largest absolute Gasteiger partial charge is 0.463 e. The number of esters is 2. The van der Waals surface area contributed by atoms with Gasteiger partial charge in [0, 0.05) is 19.5 Å². The number of carbonyl (C=O) groups is 2. The molecule has 132 valence electrons. The van der Waals surface area contributed by atoms with Gasteiger partial charge >= 0.3 is 11.9 Å². The monoisotopic (exact) mass is 355 g/mol. The van der Waals surface area contributed by atoms with Crippen LogP contribution in [0.4, 0.5) is 0 Å². The van der Waals surface area contributed by atoms with Gasteiger partial charge < -0.3 is 9.47 Å². The standard InChI is InChI=1S/C16H21NO6S/c1-4-17(5-2)24(20,21)14-10-12(7-6-11(14)3)15(18)23-13-8-9-22-16(13)19/h6-7,10,13H,4-5,8-9H2,1-3H3/t13-/m1/s1. The molecule has 1 aliphatic rings. The Morgan fingerprint density at radius 1 is 1.33 bits per heavy atom. The molecule has 0 N–H and O–H groups in total. The fourth-order valence-electron chi connectivity index (χ4n) is 2.49. The van der Waals surface area contributed by atoms with Gasteiger partial charge in [-0.05, 0) is 24.6 Å². The molecule has 0 aromatic heterocycles. The van der Waals surface area contributed by atoms with Gasteiger partial charge in [-0.2, -0.15) is 4.31 Å². The number of rotatable bonds is 6. The summed E-state index contributed by atoms with van der Waals surface area (Å²) in [6, 6.07) is 4.34. The number of aryl methyl sites for hydroxylation is 1. The fraction of sp³-hybridized carbons (Fsp3) is 0.500. The van der Waals surface area contributed by atoms with E-state index < -0.39 is 28.1 Å². The minimum Gasteiger partial charge on any atom is -0.463 e. The molecule has 1 aliphatic heterocycles. The first-order chi connectivity index (χ1) is 11.3. The molecule has 0 unspecified atom stereocenters. The van der Waals surface area contributed by atoms with E-state index in [4.69, 9.17) is 9.47 Å². The third kappa shape index (κ3) is 3.59. The van der Waals surface area contributed by atoms with Crippen molar-refractivity contribution in [3.8, 4) is 0 Å². The van der Waals surface area contributed by atoms with E-state index in [1.54, 1.807) is 26.8 Å². The van der Waals surface area contributed by atoms with Crippen LogP contribution in [0.25, 0.3) is 0 Å². The first-order valence-corrected chi connectivity index (χ1v) is 9.23. The fourth-order valence-corrected chi connectivity index (χ4v) is 4.20. The van der Waals surface area contributed by atoms with Crippen LogP contribution in [0.2, 0.25) is 0 Å². The second-order valence-electron chi connectivity index (χ2n) is 5.42. The molecule has 8 heteroatoms. The lowest BCUT2D eigenvalue weighted by Gasteiger charge is -2.20. The van der Waals surface area contributed by atoms with E-state index in [-0.39, 0.29) is 17.1 Å². The molecule has 1 heterocycles. The molecule has 0 radical (unpaired) electrons. The van der Waals surface area contributed by atoms with E-state index in [2.05, 4.69) is 0 Å². The molecule has 0 amide bonds. The summed E-state index contributed by atoms with van der Waals surface area (Å²) in [5.41, 5.74) is 0.629. The number of carbonyl (C=O) groups excluding carboxylic acids is 2. The van der Waals surface area contributed by atoms with Crippen molar-refractivity contribution in [2.24, 2.45) is 0 Å². The summed E-state index contributed by atoms with van der Waals surface area (Å²) in [5, 5.41) is 0. The highest BCUT2D eigenvalue weighted by Crippen LogP contribution is 2.22. The van der Waals surface area contributed by atoms with Crippen LogP contribution in [0.15, 0.2) is 23.1 Å². The second-order valence-corrected chi connectivity index (χ2v) is 7.33. The maximum atomic E-state index is 12.7. The number of ether oxygens (including phenoxy) is 2. The lowest BCUT2D eigenvalue weighted by molar-refractivity contribution is -0.145. The third-order valence-electron chi connectivity index (χ3n) is 3.88. The molecule has 0 saturated carbocycles. The smallest absolute Gasteiger partial charge is 0.347 e.